The minimum atomic E-state index is -1.81. The lowest BCUT2D eigenvalue weighted by Gasteiger charge is -2.37. The van der Waals surface area contributed by atoms with Gasteiger partial charge < -0.3 is 14.0 Å². The van der Waals surface area contributed by atoms with Gasteiger partial charge in [0.1, 0.15) is 6.19 Å². The van der Waals surface area contributed by atoms with Crippen molar-refractivity contribution in [2.75, 3.05) is 6.61 Å². The molecule has 0 bridgehead atoms. The minimum Gasteiger partial charge on any atom is -0.414 e. The van der Waals surface area contributed by atoms with Crippen LogP contribution >= 0.6 is 0 Å². The Kier molecular flexibility index (Phi) is 4.56. The van der Waals surface area contributed by atoms with Crippen molar-refractivity contribution >= 4 is 27.8 Å². The Morgan fingerprint density at radius 2 is 2.11 bits per heavy atom. The zero-order valence-corrected chi connectivity index (χ0v) is 12.9. The van der Waals surface area contributed by atoms with Crippen LogP contribution in [0.25, 0.3) is 0 Å². The van der Waals surface area contributed by atoms with E-state index >= 15 is 0 Å². The average Bonchev–Trinajstić information content (AvgIpc) is 2.57. The van der Waals surface area contributed by atoms with E-state index in [2.05, 4.69) is 33.9 Å². The lowest BCUT2D eigenvalue weighted by Crippen LogP contribution is -2.46. The van der Waals surface area contributed by atoms with Crippen LogP contribution in [-0.4, -0.2) is 45.3 Å². The molecule has 1 amide bonds. The number of amides is 1. The largest absolute Gasteiger partial charge is 0.414 e. The van der Waals surface area contributed by atoms with Crippen molar-refractivity contribution in [1.29, 1.82) is 0 Å². The van der Waals surface area contributed by atoms with Crippen LogP contribution in [0.1, 0.15) is 20.8 Å². The van der Waals surface area contributed by atoms with Gasteiger partial charge in [-0.3, -0.25) is 4.79 Å². The van der Waals surface area contributed by atoms with E-state index in [9.17, 15) is 9.59 Å². The summed E-state index contributed by atoms with van der Waals surface area (Å²) in [5.74, 6) is -0.106. The highest BCUT2D eigenvalue weighted by molar-refractivity contribution is 6.74. The first-order chi connectivity index (χ1) is 8.19. The van der Waals surface area contributed by atoms with E-state index in [-0.39, 0.29) is 24.4 Å². The molecule has 18 heavy (non-hydrogen) atoms. The van der Waals surface area contributed by atoms with Crippen molar-refractivity contribution < 1.29 is 14.0 Å². The van der Waals surface area contributed by atoms with Gasteiger partial charge >= 0.3 is 7.41 Å². The third-order valence-corrected chi connectivity index (χ3v) is 8.34. The summed E-state index contributed by atoms with van der Waals surface area (Å²) in [5.41, 5.74) is 0. The molecule has 1 aliphatic rings. The van der Waals surface area contributed by atoms with Crippen molar-refractivity contribution in [2.45, 2.75) is 44.9 Å². The van der Waals surface area contributed by atoms with Gasteiger partial charge in [-0.25, -0.2) is 0 Å². The molecule has 0 aromatic carbocycles. The molecule has 0 aromatic heterocycles. The number of rotatable bonds is 5. The molecule has 1 atom stereocenters. The molecular weight excluding hydrogens is 245 g/mol. The summed E-state index contributed by atoms with van der Waals surface area (Å²) >= 11 is 0. The zero-order chi connectivity index (χ0) is 14.0. The lowest BCUT2D eigenvalue weighted by atomic mass is 9.93. The molecule has 4 nitrogen and oxygen atoms in total. The predicted octanol–water partition coefficient (Wildman–Crippen LogP) is 1.32. The van der Waals surface area contributed by atoms with E-state index in [1.165, 1.54) is 6.08 Å². The second-order valence-corrected chi connectivity index (χ2v) is 11.0. The fraction of sp³-hybridized carbons (Fsp3) is 0.667. The minimum absolute atomic E-state index is 0.100. The topological polar surface area (TPSA) is 46.6 Å². The van der Waals surface area contributed by atoms with E-state index in [0.29, 0.717) is 6.61 Å². The Morgan fingerprint density at radius 3 is 2.61 bits per heavy atom. The Morgan fingerprint density at radius 1 is 1.50 bits per heavy atom. The maximum absolute atomic E-state index is 11.5. The highest BCUT2D eigenvalue weighted by Gasteiger charge is 2.38. The third kappa shape index (κ3) is 3.32. The molecule has 0 fully saturated rings. The van der Waals surface area contributed by atoms with E-state index < -0.39 is 8.32 Å². The monoisotopic (exact) mass is 267 g/mol. The fourth-order valence-electron chi connectivity index (χ4n) is 1.52. The average molecular weight is 267 g/mol. The molecule has 0 N–H and O–H groups in total. The molecule has 0 saturated heterocycles. The van der Waals surface area contributed by atoms with Gasteiger partial charge in [0, 0.05) is 0 Å². The molecule has 6 heteroatoms. The van der Waals surface area contributed by atoms with Crippen LogP contribution in [0.2, 0.25) is 18.1 Å². The fourth-order valence-corrected chi connectivity index (χ4v) is 2.54. The maximum atomic E-state index is 11.5. The van der Waals surface area contributed by atoms with Gasteiger partial charge in [-0.2, -0.15) is 0 Å². The molecule has 1 heterocycles. The van der Waals surface area contributed by atoms with Crippen molar-refractivity contribution in [2.24, 2.45) is 0 Å². The van der Waals surface area contributed by atoms with Crippen LogP contribution in [0.5, 0.6) is 0 Å². The van der Waals surface area contributed by atoms with Crippen LogP contribution in [0.15, 0.2) is 12.2 Å². The van der Waals surface area contributed by atoms with Crippen molar-refractivity contribution in [3.63, 3.8) is 0 Å². The van der Waals surface area contributed by atoms with Crippen LogP contribution in [0.3, 0.4) is 0 Å². The number of nitrogens with zero attached hydrogens (tertiary/aromatic N) is 1. The second-order valence-electron chi connectivity index (χ2n) is 6.16. The molecule has 0 aromatic rings. The van der Waals surface area contributed by atoms with Gasteiger partial charge in [-0.05, 0) is 24.2 Å². The molecule has 0 spiro atoms. The quantitative estimate of drug-likeness (QED) is 0.557. The number of hydrogen-bond acceptors (Lipinski definition) is 3. The summed E-state index contributed by atoms with van der Waals surface area (Å²) < 4.78 is 6.08. The van der Waals surface area contributed by atoms with E-state index in [1.807, 2.05) is 6.08 Å². The molecule has 1 rings (SSSR count). The first-order valence-corrected chi connectivity index (χ1v) is 9.16. The van der Waals surface area contributed by atoms with Gasteiger partial charge in [0.2, 0.25) is 5.91 Å². The van der Waals surface area contributed by atoms with Gasteiger partial charge in [0.15, 0.2) is 8.32 Å². The summed E-state index contributed by atoms with van der Waals surface area (Å²) in [5, 5.41) is 0.148. The van der Waals surface area contributed by atoms with Gasteiger partial charge in [-0.1, -0.05) is 26.8 Å². The molecule has 0 saturated carbocycles. The number of carbonyl (C=O) groups is 2. The molecule has 0 radical (unpaired) electrons. The second kappa shape index (κ2) is 5.40. The van der Waals surface area contributed by atoms with Gasteiger partial charge in [-0.15, -0.1) is 0 Å². The summed E-state index contributed by atoms with van der Waals surface area (Å²) in [4.78, 5) is 23.6. The van der Waals surface area contributed by atoms with Crippen molar-refractivity contribution in [3.05, 3.63) is 12.2 Å². The lowest BCUT2D eigenvalue weighted by molar-refractivity contribution is -0.121. The standard InChI is InChI=1S/C12H22BNO3Si/c1-12(2,3)18(4,5)17-8-10-6-7-11(16)14(10)13-9-15/h6-7,9-10,13H,8H2,1-5H3/t10-/m0/s1. The summed E-state index contributed by atoms with van der Waals surface area (Å²) in [6.45, 7) is 11.4. The van der Waals surface area contributed by atoms with Crippen LogP contribution in [0, 0.1) is 0 Å². The van der Waals surface area contributed by atoms with Gasteiger partial charge in [0.25, 0.3) is 0 Å². The van der Waals surface area contributed by atoms with E-state index in [4.69, 9.17) is 4.43 Å². The molecule has 100 valence electrons. The first-order valence-electron chi connectivity index (χ1n) is 6.25. The van der Waals surface area contributed by atoms with Gasteiger partial charge in [0.05, 0.1) is 12.6 Å². The molecule has 0 unspecified atom stereocenters. The molecule has 0 aliphatic carbocycles. The van der Waals surface area contributed by atoms with Crippen molar-refractivity contribution in [3.8, 4) is 0 Å². The maximum Gasteiger partial charge on any atom is 0.314 e. The summed E-state index contributed by atoms with van der Waals surface area (Å²) in [6.07, 6.45) is 4.09. The van der Waals surface area contributed by atoms with E-state index in [0.717, 1.165) is 6.19 Å². The van der Waals surface area contributed by atoms with Crippen molar-refractivity contribution in [1.82, 2.24) is 4.81 Å². The highest BCUT2D eigenvalue weighted by Crippen LogP contribution is 2.36. The summed E-state index contributed by atoms with van der Waals surface area (Å²) in [7, 11) is -1.67. The Labute approximate surface area is 111 Å². The zero-order valence-electron chi connectivity index (χ0n) is 11.9. The van der Waals surface area contributed by atoms with Crippen LogP contribution in [-0.2, 0) is 14.0 Å². The summed E-state index contributed by atoms with van der Waals surface area (Å²) in [6, 6.07) is -0.100. The highest BCUT2D eigenvalue weighted by atomic mass is 28.4. The normalized spacial score (nSPS) is 20.4. The SMILES string of the molecule is CC(C)(C)[Si](C)(C)OC[C@@H]1C=CC(=O)N1BC=O. The molecular formula is C12H22BNO3Si. The Balaban J connectivity index is 2.61. The third-order valence-electron chi connectivity index (χ3n) is 3.84. The Bertz CT molecular complexity index is 363. The van der Waals surface area contributed by atoms with Crippen LogP contribution < -0.4 is 0 Å². The molecule has 1 aliphatic heterocycles. The van der Waals surface area contributed by atoms with E-state index in [1.54, 1.807) is 4.81 Å². The first kappa shape index (κ1) is 15.2. The number of hydrogen-bond donors (Lipinski definition) is 0. The predicted molar refractivity (Wildman–Crippen MR) is 76.8 cm³/mol. The van der Waals surface area contributed by atoms with Crippen LogP contribution in [0.4, 0.5) is 0 Å². The Hall–Kier alpha value is -0.878. The number of carbonyl (C=O) groups excluding carboxylic acids is 2. The smallest absolute Gasteiger partial charge is 0.314 e.